The maximum atomic E-state index is 12.9. The van der Waals surface area contributed by atoms with Crippen molar-refractivity contribution in [1.82, 2.24) is 9.62 Å². The summed E-state index contributed by atoms with van der Waals surface area (Å²) in [5.74, 6) is -0.396. The number of nitrogens with one attached hydrogen (secondary N) is 1. The minimum atomic E-state index is -3.63. The molecule has 0 aliphatic heterocycles. The van der Waals surface area contributed by atoms with E-state index in [1.807, 2.05) is 61.5 Å². The number of hydrogen-bond donors (Lipinski definition) is 1. The van der Waals surface area contributed by atoms with Crippen molar-refractivity contribution < 1.29 is 13.2 Å². The molecular weight excluding hydrogens is 432 g/mol. The lowest BCUT2D eigenvalue weighted by Crippen LogP contribution is -2.41. The van der Waals surface area contributed by atoms with Gasteiger partial charge >= 0.3 is 0 Å². The van der Waals surface area contributed by atoms with Crippen molar-refractivity contribution in [2.75, 3.05) is 12.8 Å². The molecule has 0 aliphatic rings. The van der Waals surface area contributed by atoms with E-state index in [9.17, 15) is 13.2 Å². The average Bonchev–Trinajstić information content (AvgIpc) is 2.74. The van der Waals surface area contributed by atoms with Crippen molar-refractivity contribution in [3.05, 3.63) is 106 Å². The first-order valence-corrected chi connectivity index (χ1v) is 12.1. The van der Waals surface area contributed by atoms with Gasteiger partial charge in [-0.1, -0.05) is 90.0 Å². The zero-order chi connectivity index (χ0) is 22.4. The van der Waals surface area contributed by atoms with Crippen molar-refractivity contribution in [1.29, 1.82) is 0 Å². The number of sulfonamides is 1. The fraction of sp³-hybridized carbons (Fsp3) is 0.208. The summed E-state index contributed by atoms with van der Waals surface area (Å²) >= 11 is 6.19. The minimum Gasteiger partial charge on any atom is -0.344 e. The number of nitrogens with zero attached hydrogens (tertiary/aromatic N) is 1. The molecule has 31 heavy (non-hydrogen) atoms. The Bertz CT molecular complexity index is 1130. The summed E-state index contributed by atoms with van der Waals surface area (Å²) in [6, 6.07) is 24.1. The first-order chi connectivity index (χ1) is 14.7. The Labute approximate surface area is 188 Å². The number of halogens is 1. The highest BCUT2D eigenvalue weighted by atomic mass is 35.5. The van der Waals surface area contributed by atoms with Crippen molar-refractivity contribution in [2.45, 2.75) is 19.5 Å². The molecule has 3 rings (SSSR count). The van der Waals surface area contributed by atoms with Gasteiger partial charge in [-0.25, -0.2) is 8.42 Å². The Hall–Kier alpha value is -2.67. The second-order valence-electron chi connectivity index (χ2n) is 7.44. The van der Waals surface area contributed by atoms with E-state index >= 15 is 0 Å². The summed E-state index contributed by atoms with van der Waals surface area (Å²) in [4.78, 5) is 12.9. The summed E-state index contributed by atoms with van der Waals surface area (Å²) in [6.45, 7) is 1.71. The van der Waals surface area contributed by atoms with Gasteiger partial charge in [-0.05, 0) is 29.7 Å². The van der Waals surface area contributed by atoms with Crippen LogP contribution in [0.25, 0.3) is 0 Å². The number of carbonyl (C=O) groups is 1. The molecule has 1 atom stereocenters. The fourth-order valence-corrected chi connectivity index (χ4v) is 4.16. The van der Waals surface area contributed by atoms with Gasteiger partial charge in [0.25, 0.3) is 0 Å². The predicted octanol–water partition coefficient (Wildman–Crippen LogP) is 4.32. The Kier molecular flexibility index (Phi) is 7.49. The molecule has 3 aromatic rings. The third-order valence-electron chi connectivity index (χ3n) is 4.94. The molecule has 3 aromatic carbocycles. The third-order valence-corrected chi connectivity index (χ3v) is 6.51. The molecule has 162 valence electrons. The standard InChI is InChI=1S/C24H25ClN2O3S/c1-18-12-14-20(15-13-18)24(19-8-4-3-5-9-19)26-23(28)17-27(31(2,29)30)16-21-10-6-7-11-22(21)25/h3-15,24H,16-17H2,1-2H3,(H,26,28)/t24-/m1/s1. The molecule has 1 N–H and O–H groups in total. The topological polar surface area (TPSA) is 66.5 Å². The van der Waals surface area contributed by atoms with E-state index in [-0.39, 0.29) is 13.1 Å². The largest absolute Gasteiger partial charge is 0.344 e. The number of carbonyl (C=O) groups excluding carboxylic acids is 1. The van der Waals surface area contributed by atoms with Gasteiger partial charge < -0.3 is 5.32 Å². The number of aryl methyl sites for hydroxylation is 1. The summed E-state index contributed by atoms with van der Waals surface area (Å²) in [5, 5.41) is 3.45. The Morgan fingerprint density at radius 2 is 1.52 bits per heavy atom. The molecule has 0 aliphatic carbocycles. The van der Waals surface area contributed by atoms with E-state index in [1.165, 1.54) is 0 Å². The van der Waals surface area contributed by atoms with E-state index in [0.29, 0.717) is 10.6 Å². The zero-order valence-electron chi connectivity index (χ0n) is 17.5. The molecular formula is C24H25ClN2O3S. The van der Waals surface area contributed by atoms with Gasteiger partial charge in [-0.2, -0.15) is 4.31 Å². The monoisotopic (exact) mass is 456 g/mol. The molecule has 0 saturated heterocycles. The fourth-order valence-electron chi connectivity index (χ4n) is 3.24. The molecule has 0 saturated carbocycles. The van der Waals surface area contributed by atoms with Crippen LogP contribution < -0.4 is 5.32 Å². The number of hydrogen-bond acceptors (Lipinski definition) is 3. The van der Waals surface area contributed by atoms with Gasteiger partial charge in [0, 0.05) is 11.6 Å². The van der Waals surface area contributed by atoms with Gasteiger partial charge in [0.2, 0.25) is 15.9 Å². The predicted molar refractivity (Wildman–Crippen MR) is 124 cm³/mol. The second kappa shape index (κ2) is 10.1. The van der Waals surface area contributed by atoms with Crippen LogP contribution in [0.1, 0.15) is 28.3 Å². The van der Waals surface area contributed by atoms with Crippen LogP contribution in [0.5, 0.6) is 0 Å². The first kappa shape index (κ1) is 23.0. The summed E-state index contributed by atoms with van der Waals surface area (Å²) in [7, 11) is -3.63. The Morgan fingerprint density at radius 3 is 2.13 bits per heavy atom. The van der Waals surface area contributed by atoms with Crippen molar-refractivity contribution >= 4 is 27.5 Å². The Morgan fingerprint density at radius 1 is 0.935 bits per heavy atom. The summed E-state index contributed by atoms with van der Waals surface area (Å²) in [6.07, 6.45) is 1.09. The third kappa shape index (κ3) is 6.40. The number of rotatable bonds is 8. The van der Waals surface area contributed by atoms with Crippen LogP contribution in [-0.4, -0.2) is 31.4 Å². The Balaban J connectivity index is 1.83. The number of amides is 1. The van der Waals surface area contributed by atoms with Gasteiger partial charge in [0.05, 0.1) is 18.8 Å². The molecule has 1 amide bonds. The molecule has 0 aromatic heterocycles. The van der Waals surface area contributed by atoms with Gasteiger partial charge in [-0.3, -0.25) is 4.79 Å². The van der Waals surface area contributed by atoms with E-state index in [2.05, 4.69) is 5.32 Å². The highest BCUT2D eigenvalue weighted by Crippen LogP contribution is 2.23. The van der Waals surface area contributed by atoms with Crippen LogP contribution in [0.4, 0.5) is 0 Å². The van der Waals surface area contributed by atoms with Crippen LogP contribution in [0.15, 0.2) is 78.9 Å². The maximum Gasteiger partial charge on any atom is 0.236 e. The molecule has 0 radical (unpaired) electrons. The molecule has 5 nitrogen and oxygen atoms in total. The minimum absolute atomic E-state index is 0.0203. The second-order valence-corrected chi connectivity index (χ2v) is 9.83. The van der Waals surface area contributed by atoms with Gasteiger partial charge in [-0.15, -0.1) is 0 Å². The lowest BCUT2D eigenvalue weighted by molar-refractivity contribution is -0.121. The maximum absolute atomic E-state index is 12.9. The summed E-state index contributed by atoms with van der Waals surface area (Å²) < 4.78 is 25.8. The molecule has 0 heterocycles. The van der Waals surface area contributed by atoms with Crippen molar-refractivity contribution in [3.8, 4) is 0 Å². The number of benzene rings is 3. The smallest absolute Gasteiger partial charge is 0.236 e. The van der Waals surface area contributed by atoms with Crippen LogP contribution in [0.2, 0.25) is 5.02 Å². The highest BCUT2D eigenvalue weighted by molar-refractivity contribution is 7.88. The molecule has 0 spiro atoms. The summed E-state index contributed by atoms with van der Waals surface area (Å²) in [5.41, 5.74) is 3.59. The highest BCUT2D eigenvalue weighted by Gasteiger charge is 2.24. The molecule has 7 heteroatoms. The SMILES string of the molecule is Cc1ccc([C@H](NC(=O)CN(Cc2ccccc2Cl)S(C)(=O)=O)c2ccccc2)cc1. The van der Waals surface area contributed by atoms with Gasteiger partial charge in [0.15, 0.2) is 0 Å². The van der Waals surface area contributed by atoms with Crippen molar-refractivity contribution in [2.24, 2.45) is 0 Å². The zero-order valence-corrected chi connectivity index (χ0v) is 19.0. The van der Waals surface area contributed by atoms with E-state index in [0.717, 1.165) is 27.3 Å². The van der Waals surface area contributed by atoms with Crippen LogP contribution in [-0.2, 0) is 21.4 Å². The quantitative estimate of drug-likeness (QED) is 0.549. The van der Waals surface area contributed by atoms with Crippen LogP contribution in [0.3, 0.4) is 0 Å². The lowest BCUT2D eigenvalue weighted by atomic mass is 9.98. The molecule has 0 unspecified atom stereocenters. The molecule has 0 fully saturated rings. The normalized spacial score (nSPS) is 12.5. The van der Waals surface area contributed by atoms with E-state index in [4.69, 9.17) is 11.6 Å². The lowest BCUT2D eigenvalue weighted by Gasteiger charge is -2.24. The van der Waals surface area contributed by atoms with Crippen LogP contribution >= 0.6 is 11.6 Å². The average molecular weight is 457 g/mol. The van der Waals surface area contributed by atoms with E-state index < -0.39 is 22.0 Å². The van der Waals surface area contributed by atoms with Gasteiger partial charge in [0.1, 0.15) is 0 Å². The van der Waals surface area contributed by atoms with E-state index in [1.54, 1.807) is 24.3 Å². The van der Waals surface area contributed by atoms with Crippen molar-refractivity contribution in [3.63, 3.8) is 0 Å². The first-order valence-electron chi connectivity index (χ1n) is 9.83. The van der Waals surface area contributed by atoms with Crippen LogP contribution in [0, 0.1) is 6.92 Å². The molecule has 0 bridgehead atoms.